The van der Waals surface area contributed by atoms with E-state index in [1.807, 2.05) is 19.3 Å². The SMILES string of the molecule is CCNC(=NCc1cccc(Cn2ccnc2C)c1)NCCC1=CCCCC1. The van der Waals surface area contributed by atoms with Crippen molar-refractivity contribution in [2.45, 2.75) is 59.0 Å². The summed E-state index contributed by atoms with van der Waals surface area (Å²) in [7, 11) is 0. The molecule has 3 rings (SSSR count). The number of benzene rings is 1. The van der Waals surface area contributed by atoms with Crippen LogP contribution in [0.25, 0.3) is 0 Å². The van der Waals surface area contributed by atoms with E-state index in [0.29, 0.717) is 6.54 Å². The lowest BCUT2D eigenvalue weighted by Gasteiger charge is -2.15. The summed E-state index contributed by atoms with van der Waals surface area (Å²) in [5.74, 6) is 1.94. The van der Waals surface area contributed by atoms with Gasteiger partial charge in [0.2, 0.25) is 0 Å². The molecule has 0 bridgehead atoms. The van der Waals surface area contributed by atoms with Crippen molar-refractivity contribution in [3.63, 3.8) is 0 Å². The predicted molar refractivity (Wildman–Crippen MR) is 116 cm³/mol. The first kappa shape index (κ1) is 20.2. The number of aliphatic imine (C=N–C) groups is 1. The van der Waals surface area contributed by atoms with E-state index in [4.69, 9.17) is 4.99 Å². The first-order valence-corrected chi connectivity index (χ1v) is 10.5. The number of aryl methyl sites for hydroxylation is 1. The molecular weight excluding hydrogens is 346 g/mol. The van der Waals surface area contributed by atoms with E-state index in [0.717, 1.165) is 37.8 Å². The molecule has 5 nitrogen and oxygen atoms in total. The molecular formula is C23H33N5. The lowest BCUT2D eigenvalue weighted by molar-refractivity contribution is 0.665. The minimum absolute atomic E-state index is 0.675. The molecule has 0 fully saturated rings. The minimum Gasteiger partial charge on any atom is -0.357 e. The van der Waals surface area contributed by atoms with Crippen molar-refractivity contribution in [3.05, 3.63) is 65.3 Å². The summed E-state index contributed by atoms with van der Waals surface area (Å²) in [5.41, 5.74) is 4.09. The summed E-state index contributed by atoms with van der Waals surface area (Å²) < 4.78 is 2.16. The van der Waals surface area contributed by atoms with Gasteiger partial charge in [-0.05, 0) is 57.1 Å². The topological polar surface area (TPSA) is 54.2 Å². The highest BCUT2D eigenvalue weighted by atomic mass is 15.2. The van der Waals surface area contributed by atoms with Crippen molar-refractivity contribution >= 4 is 5.96 Å². The third-order valence-corrected chi connectivity index (χ3v) is 5.16. The Labute approximate surface area is 169 Å². The maximum absolute atomic E-state index is 4.78. The maximum atomic E-state index is 4.78. The number of imidazole rings is 1. The highest BCUT2D eigenvalue weighted by molar-refractivity contribution is 5.79. The van der Waals surface area contributed by atoms with Gasteiger partial charge in [0.1, 0.15) is 5.82 Å². The molecule has 150 valence electrons. The zero-order chi connectivity index (χ0) is 19.6. The van der Waals surface area contributed by atoms with E-state index in [1.165, 1.54) is 36.8 Å². The van der Waals surface area contributed by atoms with Crippen molar-refractivity contribution in [1.82, 2.24) is 20.2 Å². The summed E-state index contributed by atoms with van der Waals surface area (Å²) in [4.78, 5) is 9.08. The van der Waals surface area contributed by atoms with Crippen LogP contribution < -0.4 is 10.6 Å². The summed E-state index contributed by atoms with van der Waals surface area (Å²) in [6, 6.07) is 8.65. The molecule has 0 radical (unpaired) electrons. The molecule has 0 spiro atoms. The van der Waals surface area contributed by atoms with Gasteiger partial charge in [0.05, 0.1) is 6.54 Å². The summed E-state index contributed by atoms with van der Waals surface area (Å²) >= 11 is 0. The molecule has 5 heteroatoms. The molecule has 0 saturated carbocycles. The largest absolute Gasteiger partial charge is 0.357 e. The second-order valence-corrected chi connectivity index (χ2v) is 7.40. The average Bonchev–Trinajstić information content (AvgIpc) is 3.12. The normalized spacial score (nSPS) is 14.6. The Bertz CT molecular complexity index is 803. The maximum Gasteiger partial charge on any atom is 0.191 e. The van der Waals surface area contributed by atoms with Crippen LogP contribution in [0.5, 0.6) is 0 Å². The Balaban J connectivity index is 1.55. The molecule has 0 atom stereocenters. The van der Waals surface area contributed by atoms with Gasteiger partial charge >= 0.3 is 0 Å². The quantitative estimate of drug-likeness (QED) is 0.411. The van der Waals surface area contributed by atoms with E-state index in [9.17, 15) is 0 Å². The predicted octanol–water partition coefficient (Wildman–Crippen LogP) is 4.19. The van der Waals surface area contributed by atoms with Crippen molar-refractivity contribution in [3.8, 4) is 0 Å². The van der Waals surface area contributed by atoms with Gasteiger partial charge in [-0.15, -0.1) is 0 Å². The van der Waals surface area contributed by atoms with Gasteiger partial charge in [-0.3, -0.25) is 0 Å². The number of guanidine groups is 1. The molecule has 0 saturated heterocycles. The molecule has 1 aromatic carbocycles. The number of hydrogen-bond donors (Lipinski definition) is 2. The Morgan fingerprint density at radius 1 is 1.21 bits per heavy atom. The number of allylic oxidation sites excluding steroid dienone is 1. The monoisotopic (exact) mass is 379 g/mol. The fourth-order valence-electron chi connectivity index (χ4n) is 3.58. The zero-order valence-electron chi connectivity index (χ0n) is 17.2. The van der Waals surface area contributed by atoms with E-state index >= 15 is 0 Å². The number of nitrogens with zero attached hydrogens (tertiary/aromatic N) is 3. The number of hydrogen-bond acceptors (Lipinski definition) is 2. The zero-order valence-corrected chi connectivity index (χ0v) is 17.2. The van der Waals surface area contributed by atoms with Gasteiger partial charge in [0.25, 0.3) is 0 Å². The van der Waals surface area contributed by atoms with Crippen LogP contribution in [0.2, 0.25) is 0 Å². The smallest absolute Gasteiger partial charge is 0.191 e. The number of aromatic nitrogens is 2. The molecule has 0 aliphatic heterocycles. The van der Waals surface area contributed by atoms with Crippen LogP contribution in [-0.4, -0.2) is 28.6 Å². The van der Waals surface area contributed by atoms with Crippen LogP contribution in [0.1, 0.15) is 56.0 Å². The Morgan fingerprint density at radius 3 is 2.86 bits per heavy atom. The first-order valence-electron chi connectivity index (χ1n) is 10.5. The van der Waals surface area contributed by atoms with Crippen molar-refractivity contribution in [1.29, 1.82) is 0 Å². The standard InChI is InChI=1S/C23H33N5/c1-3-24-23(26-13-12-20-8-5-4-6-9-20)27-17-21-10-7-11-22(16-21)18-28-15-14-25-19(28)2/h7-8,10-11,14-16H,3-6,9,12-13,17-18H2,1-2H3,(H2,24,26,27). The van der Waals surface area contributed by atoms with Crippen LogP contribution in [0.15, 0.2) is 53.3 Å². The lowest BCUT2D eigenvalue weighted by atomic mass is 9.97. The second kappa shape index (κ2) is 10.7. The second-order valence-electron chi connectivity index (χ2n) is 7.40. The van der Waals surface area contributed by atoms with Crippen molar-refractivity contribution in [2.24, 2.45) is 4.99 Å². The van der Waals surface area contributed by atoms with E-state index in [-0.39, 0.29) is 0 Å². The van der Waals surface area contributed by atoms with E-state index in [1.54, 1.807) is 5.57 Å². The lowest BCUT2D eigenvalue weighted by Crippen LogP contribution is -2.37. The molecule has 1 heterocycles. The molecule has 1 aliphatic carbocycles. The average molecular weight is 380 g/mol. The Hall–Kier alpha value is -2.56. The van der Waals surface area contributed by atoms with Crippen LogP contribution >= 0.6 is 0 Å². The molecule has 1 aromatic heterocycles. The highest BCUT2D eigenvalue weighted by Gasteiger charge is 2.05. The number of rotatable bonds is 8. The van der Waals surface area contributed by atoms with E-state index in [2.05, 4.69) is 57.4 Å². The van der Waals surface area contributed by atoms with Crippen LogP contribution in [-0.2, 0) is 13.1 Å². The minimum atomic E-state index is 0.675. The van der Waals surface area contributed by atoms with Gasteiger partial charge in [0, 0.05) is 32.0 Å². The first-order chi connectivity index (χ1) is 13.7. The molecule has 0 amide bonds. The van der Waals surface area contributed by atoms with Gasteiger partial charge in [-0.25, -0.2) is 9.98 Å². The fourth-order valence-corrected chi connectivity index (χ4v) is 3.58. The fraction of sp³-hybridized carbons (Fsp3) is 0.478. The molecule has 1 aliphatic rings. The number of nitrogens with one attached hydrogen (secondary N) is 2. The van der Waals surface area contributed by atoms with E-state index < -0.39 is 0 Å². The van der Waals surface area contributed by atoms with Crippen LogP contribution in [0.3, 0.4) is 0 Å². The third-order valence-electron chi connectivity index (χ3n) is 5.16. The highest BCUT2D eigenvalue weighted by Crippen LogP contribution is 2.19. The Morgan fingerprint density at radius 2 is 2.11 bits per heavy atom. The van der Waals surface area contributed by atoms with Gasteiger partial charge < -0.3 is 15.2 Å². The summed E-state index contributed by atoms with van der Waals surface area (Å²) in [6.45, 7) is 7.47. The summed E-state index contributed by atoms with van der Waals surface area (Å²) in [5, 5.41) is 6.84. The molecule has 0 unspecified atom stereocenters. The molecule has 28 heavy (non-hydrogen) atoms. The molecule has 2 N–H and O–H groups in total. The van der Waals surface area contributed by atoms with Crippen LogP contribution in [0.4, 0.5) is 0 Å². The van der Waals surface area contributed by atoms with Gasteiger partial charge in [-0.1, -0.05) is 35.9 Å². The van der Waals surface area contributed by atoms with Crippen LogP contribution in [0, 0.1) is 6.92 Å². The molecule has 2 aromatic rings. The Kier molecular flexibility index (Phi) is 7.71. The van der Waals surface area contributed by atoms with Crippen molar-refractivity contribution < 1.29 is 0 Å². The van der Waals surface area contributed by atoms with Crippen molar-refractivity contribution in [2.75, 3.05) is 13.1 Å². The third kappa shape index (κ3) is 6.25. The summed E-state index contributed by atoms with van der Waals surface area (Å²) in [6.07, 6.45) is 12.6. The van der Waals surface area contributed by atoms with Gasteiger partial charge in [-0.2, -0.15) is 0 Å². The van der Waals surface area contributed by atoms with Gasteiger partial charge in [0.15, 0.2) is 5.96 Å².